The van der Waals surface area contributed by atoms with E-state index in [4.69, 9.17) is 0 Å². The summed E-state index contributed by atoms with van der Waals surface area (Å²) in [5.74, 6) is -0.413. The number of carbonyl (C=O) groups excluding carboxylic acids is 3. The molecule has 1 heterocycles. The molecule has 2 aliphatic rings. The normalized spacial score (nSPS) is 20.1. The van der Waals surface area contributed by atoms with E-state index in [0.717, 1.165) is 12.8 Å². The summed E-state index contributed by atoms with van der Waals surface area (Å²) in [6.45, 7) is 5.69. The predicted octanol–water partition coefficient (Wildman–Crippen LogP) is 2.90. The molecule has 6 nitrogen and oxygen atoms in total. The molecular formula is C21H29N3O3. The van der Waals surface area contributed by atoms with E-state index in [-0.39, 0.29) is 30.1 Å². The van der Waals surface area contributed by atoms with Crippen LogP contribution in [0, 0.1) is 5.92 Å². The fourth-order valence-corrected chi connectivity index (χ4v) is 4.14. The molecule has 1 aliphatic heterocycles. The van der Waals surface area contributed by atoms with Crippen LogP contribution in [-0.4, -0.2) is 53.2 Å². The first kappa shape index (κ1) is 19.4. The van der Waals surface area contributed by atoms with Crippen molar-refractivity contribution in [3.05, 3.63) is 29.8 Å². The van der Waals surface area contributed by atoms with Crippen LogP contribution in [0.1, 0.15) is 56.3 Å². The van der Waals surface area contributed by atoms with Crippen LogP contribution in [0.25, 0.3) is 0 Å². The third-order valence-corrected chi connectivity index (χ3v) is 5.72. The van der Waals surface area contributed by atoms with Crippen LogP contribution in [-0.2, 0) is 9.59 Å². The monoisotopic (exact) mass is 371 g/mol. The van der Waals surface area contributed by atoms with Crippen LogP contribution in [0.5, 0.6) is 0 Å². The molecule has 0 aromatic heterocycles. The lowest BCUT2D eigenvalue weighted by Gasteiger charge is -2.24. The van der Waals surface area contributed by atoms with E-state index in [1.54, 1.807) is 29.2 Å². The number of carbonyl (C=O) groups is 3. The van der Waals surface area contributed by atoms with E-state index in [1.165, 1.54) is 12.8 Å². The van der Waals surface area contributed by atoms with Gasteiger partial charge in [-0.25, -0.2) is 0 Å². The Kier molecular flexibility index (Phi) is 6.14. The summed E-state index contributed by atoms with van der Waals surface area (Å²) >= 11 is 0. The second-order valence-corrected chi connectivity index (χ2v) is 7.43. The number of benzene rings is 1. The van der Waals surface area contributed by atoms with E-state index in [2.05, 4.69) is 5.32 Å². The Hall–Kier alpha value is -2.37. The number of likely N-dealkylation sites (tertiary alicyclic amines) is 1. The second-order valence-electron chi connectivity index (χ2n) is 7.43. The van der Waals surface area contributed by atoms with E-state index >= 15 is 0 Å². The molecule has 146 valence electrons. The van der Waals surface area contributed by atoms with Crippen molar-refractivity contribution in [3.8, 4) is 0 Å². The maximum atomic E-state index is 12.7. The van der Waals surface area contributed by atoms with Crippen LogP contribution in [0.4, 0.5) is 5.69 Å². The zero-order valence-corrected chi connectivity index (χ0v) is 16.2. The molecule has 6 heteroatoms. The molecule has 1 aromatic carbocycles. The molecule has 27 heavy (non-hydrogen) atoms. The van der Waals surface area contributed by atoms with Gasteiger partial charge in [0.25, 0.3) is 5.91 Å². The minimum atomic E-state index is -0.319. The van der Waals surface area contributed by atoms with Gasteiger partial charge in [0.2, 0.25) is 11.8 Å². The molecule has 3 amide bonds. The Balaban J connectivity index is 1.63. The van der Waals surface area contributed by atoms with Crippen LogP contribution in [0.15, 0.2) is 24.3 Å². The maximum Gasteiger partial charge on any atom is 0.253 e. The van der Waals surface area contributed by atoms with E-state index in [1.807, 2.05) is 18.7 Å². The quantitative estimate of drug-likeness (QED) is 0.836. The largest absolute Gasteiger partial charge is 0.339 e. The Morgan fingerprint density at radius 1 is 1.19 bits per heavy atom. The fourth-order valence-electron chi connectivity index (χ4n) is 4.14. The number of nitrogens with zero attached hydrogens (tertiary/aromatic N) is 2. The summed E-state index contributed by atoms with van der Waals surface area (Å²) in [6.07, 6.45) is 4.71. The number of nitrogens with one attached hydrogen (secondary N) is 1. The number of hydrogen-bond acceptors (Lipinski definition) is 3. The second kappa shape index (κ2) is 8.55. The third kappa shape index (κ3) is 4.31. The Bertz CT molecular complexity index is 708. The molecule has 0 radical (unpaired) electrons. The van der Waals surface area contributed by atoms with Gasteiger partial charge < -0.3 is 15.1 Å². The Morgan fingerprint density at radius 2 is 1.89 bits per heavy atom. The highest BCUT2D eigenvalue weighted by molar-refractivity contribution is 5.99. The number of anilines is 1. The molecule has 3 rings (SSSR count). The van der Waals surface area contributed by atoms with E-state index in [9.17, 15) is 14.4 Å². The van der Waals surface area contributed by atoms with Crippen molar-refractivity contribution in [2.24, 2.45) is 5.92 Å². The smallest absolute Gasteiger partial charge is 0.253 e. The van der Waals surface area contributed by atoms with E-state index < -0.39 is 0 Å². The summed E-state index contributed by atoms with van der Waals surface area (Å²) < 4.78 is 0. The maximum absolute atomic E-state index is 12.7. The standard InChI is InChI=1S/C21H29N3O3/c1-3-23(4-2)21(27)15-8-7-9-17(12-15)22-20(26)16-13-19(25)24(14-16)18-10-5-6-11-18/h7-9,12,16,18H,3-6,10-11,13-14H2,1-2H3,(H,22,26)/t16-/m1/s1. The molecular weight excluding hydrogens is 342 g/mol. The average molecular weight is 371 g/mol. The molecule has 0 unspecified atom stereocenters. The summed E-state index contributed by atoms with van der Waals surface area (Å²) in [7, 11) is 0. The first-order valence-electron chi connectivity index (χ1n) is 10.0. The van der Waals surface area contributed by atoms with Crippen LogP contribution in [0.3, 0.4) is 0 Å². The number of amides is 3. The highest BCUT2D eigenvalue weighted by atomic mass is 16.2. The van der Waals surface area contributed by atoms with Crippen LogP contribution < -0.4 is 5.32 Å². The zero-order chi connectivity index (χ0) is 19.4. The highest BCUT2D eigenvalue weighted by Crippen LogP contribution is 2.30. The SMILES string of the molecule is CCN(CC)C(=O)c1cccc(NC(=O)[C@@H]2CC(=O)N(C3CCCC3)C2)c1. The summed E-state index contributed by atoms with van der Waals surface area (Å²) in [5, 5.41) is 2.90. The lowest BCUT2D eigenvalue weighted by molar-refractivity contribution is -0.129. The van der Waals surface area contributed by atoms with Gasteiger partial charge in [0, 0.05) is 43.3 Å². The van der Waals surface area contributed by atoms with E-state index in [0.29, 0.717) is 36.9 Å². The minimum Gasteiger partial charge on any atom is -0.339 e. The molecule has 0 bridgehead atoms. The van der Waals surface area contributed by atoms with Gasteiger partial charge in [-0.2, -0.15) is 0 Å². The van der Waals surface area contributed by atoms with Gasteiger partial charge in [0.1, 0.15) is 0 Å². The van der Waals surface area contributed by atoms with Gasteiger partial charge in [0.05, 0.1) is 5.92 Å². The van der Waals surface area contributed by atoms with Gasteiger partial charge in [-0.3, -0.25) is 14.4 Å². The first-order chi connectivity index (χ1) is 13.0. The lowest BCUT2D eigenvalue weighted by Crippen LogP contribution is -2.35. The Morgan fingerprint density at radius 3 is 2.56 bits per heavy atom. The molecule has 0 spiro atoms. The fraction of sp³-hybridized carbons (Fsp3) is 0.571. The number of hydrogen-bond donors (Lipinski definition) is 1. The minimum absolute atomic E-state index is 0.0421. The molecule has 1 N–H and O–H groups in total. The molecule has 1 saturated heterocycles. The lowest BCUT2D eigenvalue weighted by atomic mass is 10.1. The molecule has 1 aliphatic carbocycles. The molecule has 2 fully saturated rings. The first-order valence-corrected chi connectivity index (χ1v) is 10.0. The van der Waals surface area contributed by atoms with Crippen LogP contribution >= 0.6 is 0 Å². The third-order valence-electron chi connectivity index (χ3n) is 5.72. The average Bonchev–Trinajstić information content (AvgIpc) is 3.32. The van der Waals surface area contributed by atoms with Gasteiger partial charge >= 0.3 is 0 Å². The highest BCUT2D eigenvalue weighted by Gasteiger charge is 2.38. The molecule has 1 saturated carbocycles. The van der Waals surface area contributed by atoms with Gasteiger partial charge in [-0.1, -0.05) is 18.9 Å². The van der Waals surface area contributed by atoms with Crippen molar-refractivity contribution in [2.75, 3.05) is 25.0 Å². The molecule has 1 aromatic rings. The molecule has 1 atom stereocenters. The number of rotatable bonds is 6. The van der Waals surface area contributed by atoms with Crippen molar-refractivity contribution in [2.45, 2.75) is 52.0 Å². The van der Waals surface area contributed by atoms with Crippen molar-refractivity contribution in [3.63, 3.8) is 0 Å². The van der Waals surface area contributed by atoms with Gasteiger partial charge in [-0.15, -0.1) is 0 Å². The van der Waals surface area contributed by atoms with Crippen molar-refractivity contribution in [1.29, 1.82) is 0 Å². The summed E-state index contributed by atoms with van der Waals surface area (Å²) in [6, 6.07) is 7.34. The predicted molar refractivity (Wildman–Crippen MR) is 104 cm³/mol. The zero-order valence-electron chi connectivity index (χ0n) is 16.2. The van der Waals surface area contributed by atoms with Crippen LogP contribution in [0.2, 0.25) is 0 Å². The summed E-state index contributed by atoms with van der Waals surface area (Å²) in [5.41, 5.74) is 1.16. The van der Waals surface area contributed by atoms with Crippen molar-refractivity contribution < 1.29 is 14.4 Å². The van der Waals surface area contributed by atoms with Crippen molar-refractivity contribution in [1.82, 2.24) is 9.80 Å². The Labute approximate surface area is 160 Å². The van der Waals surface area contributed by atoms with Crippen molar-refractivity contribution >= 4 is 23.4 Å². The topological polar surface area (TPSA) is 69.7 Å². The van der Waals surface area contributed by atoms with Gasteiger partial charge in [-0.05, 0) is 44.9 Å². The summed E-state index contributed by atoms with van der Waals surface area (Å²) in [4.78, 5) is 41.1. The van der Waals surface area contributed by atoms with Gasteiger partial charge in [0.15, 0.2) is 0 Å².